The second-order valence-corrected chi connectivity index (χ2v) is 5.29. The van der Waals surface area contributed by atoms with Crippen molar-refractivity contribution in [3.8, 4) is 0 Å². The Labute approximate surface area is 144 Å². The van der Waals surface area contributed by atoms with Gasteiger partial charge in [0.15, 0.2) is 0 Å². The van der Waals surface area contributed by atoms with E-state index in [2.05, 4.69) is 15.6 Å². The number of rotatable bonds is 4. The molecule has 0 bridgehead atoms. The van der Waals surface area contributed by atoms with Crippen LogP contribution < -0.4 is 16.4 Å². The molecule has 0 aliphatic rings. The number of nitrogens with two attached hydrogens (primary N) is 1. The second-order valence-electron chi connectivity index (χ2n) is 5.29. The van der Waals surface area contributed by atoms with Gasteiger partial charge in [0.05, 0.1) is 11.4 Å². The highest BCUT2D eigenvalue weighted by Gasteiger charge is 2.11. The van der Waals surface area contributed by atoms with Crippen LogP contribution in [0.4, 0.5) is 17.2 Å². The van der Waals surface area contributed by atoms with E-state index in [0.29, 0.717) is 28.3 Å². The number of amides is 2. The Hall–Kier alpha value is -3.67. The van der Waals surface area contributed by atoms with Crippen molar-refractivity contribution in [1.82, 2.24) is 4.98 Å². The molecule has 0 aliphatic carbocycles. The van der Waals surface area contributed by atoms with Crippen LogP contribution in [0.5, 0.6) is 0 Å². The highest BCUT2D eigenvalue weighted by atomic mass is 16.2. The third-order valence-corrected chi connectivity index (χ3v) is 3.51. The van der Waals surface area contributed by atoms with E-state index in [1.165, 1.54) is 12.3 Å². The number of anilines is 3. The van der Waals surface area contributed by atoms with Gasteiger partial charge in [-0.15, -0.1) is 0 Å². The Bertz CT molecular complexity index is 910. The van der Waals surface area contributed by atoms with Crippen LogP contribution in [0, 0.1) is 0 Å². The Balaban J connectivity index is 1.74. The summed E-state index contributed by atoms with van der Waals surface area (Å²) in [6.45, 7) is 0. The first-order chi connectivity index (χ1) is 12.1. The normalized spacial score (nSPS) is 10.1. The number of para-hydroxylation sites is 2. The zero-order valence-electron chi connectivity index (χ0n) is 13.3. The summed E-state index contributed by atoms with van der Waals surface area (Å²) in [4.78, 5) is 28.6. The van der Waals surface area contributed by atoms with E-state index >= 15 is 0 Å². The third-order valence-electron chi connectivity index (χ3n) is 3.51. The highest BCUT2D eigenvalue weighted by Crippen LogP contribution is 2.18. The zero-order valence-corrected chi connectivity index (χ0v) is 13.3. The van der Waals surface area contributed by atoms with E-state index in [1.54, 1.807) is 54.6 Å². The van der Waals surface area contributed by atoms with E-state index < -0.39 is 0 Å². The predicted octanol–water partition coefficient (Wildman–Crippen LogP) is 3.17. The first-order valence-corrected chi connectivity index (χ1v) is 7.62. The van der Waals surface area contributed by atoms with Gasteiger partial charge in [0.1, 0.15) is 5.82 Å². The number of carbonyl (C=O) groups excluding carboxylic acids is 2. The van der Waals surface area contributed by atoms with Crippen LogP contribution in [0.1, 0.15) is 20.7 Å². The summed E-state index contributed by atoms with van der Waals surface area (Å²) in [5.41, 5.74) is 7.70. The minimum absolute atomic E-state index is 0.294. The molecular formula is C19H16N4O2. The van der Waals surface area contributed by atoms with Crippen molar-refractivity contribution in [2.45, 2.75) is 0 Å². The van der Waals surface area contributed by atoms with Gasteiger partial charge in [0.25, 0.3) is 11.8 Å². The maximum atomic E-state index is 12.4. The topological polar surface area (TPSA) is 97.1 Å². The number of aromatic nitrogens is 1. The monoisotopic (exact) mass is 332 g/mol. The smallest absolute Gasteiger partial charge is 0.256 e. The number of nitrogens with one attached hydrogen (secondary N) is 2. The van der Waals surface area contributed by atoms with Gasteiger partial charge in [-0.25, -0.2) is 4.98 Å². The van der Waals surface area contributed by atoms with Crippen LogP contribution in [-0.4, -0.2) is 16.8 Å². The lowest BCUT2D eigenvalue weighted by atomic mass is 10.2. The van der Waals surface area contributed by atoms with Crippen LogP contribution in [0.2, 0.25) is 0 Å². The van der Waals surface area contributed by atoms with Crippen molar-refractivity contribution >= 4 is 29.0 Å². The molecule has 0 saturated carbocycles. The summed E-state index contributed by atoms with van der Waals surface area (Å²) in [6.07, 6.45) is 1.46. The highest BCUT2D eigenvalue weighted by molar-refractivity contribution is 6.07. The Morgan fingerprint density at radius 3 is 2.24 bits per heavy atom. The van der Waals surface area contributed by atoms with Crippen molar-refractivity contribution in [3.05, 3.63) is 84.1 Å². The molecule has 2 amide bonds. The molecular weight excluding hydrogens is 316 g/mol. The molecule has 0 fully saturated rings. The molecule has 1 heterocycles. The molecule has 3 aromatic rings. The van der Waals surface area contributed by atoms with E-state index in [9.17, 15) is 9.59 Å². The fourth-order valence-corrected chi connectivity index (χ4v) is 2.22. The van der Waals surface area contributed by atoms with Crippen molar-refractivity contribution in [2.75, 3.05) is 16.4 Å². The fraction of sp³-hybridized carbons (Fsp3) is 0. The second kappa shape index (κ2) is 7.27. The van der Waals surface area contributed by atoms with Gasteiger partial charge in [-0.05, 0) is 36.4 Å². The van der Waals surface area contributed by atoms with E-state index in [-0.39, 0.29) is 11.8 Å². The lowest BCUT2D eigenvalue weighted by molar-refractivity contribution is 0.101. The third kappa shape index (κ3) is 4.00. The maximum absolute atomic E-state index is 12.4. The number of nitrogen functional groups attached to an aromatic ring is 1. The maximum Gasteiger partial charge on any atom is 0.256 e. The molecule has 1 aromatic heterocycles. The van der Waals surface area contributed by atoms with Crippen molar-refractivity contribution in [2.24, 2.45) is 0 Å². The molecule has 3 rings (SSSR count). The van der Waals surface area contributed by atoms with Gasteiger partial charge < -0.3 is 16.4 Å². The first-order valence-electron chi connectivity index (χ1n) is 7.62. The van der Waals surface area contributed by atoms with Gasteiger partial charge in [0, 0.05) is 17.3 Å². The summed E-state index contributed by atoms with van der Waals surface area (Å²) >= 11 is 0. The summed E-state index contributed by atoms with van der Waals surface area (Å²) in [6, 6.07) is 18.8. The average Bonchev–Trinajstić information content (AvgIpc) is 2.64. The molecule has 6 heteroatoms. The number of hydrogen-bond acceptors (Lipinski definition) is 4. The molecule has 124 valence electrons. The summed E-state index contributed by atoms with van der Waals surface area (Å²) in [5.74, 6) is -0.337. The van der Waals surface area contributed by atoms with Crippen LogP contribution in [-0.2, 0) is 0 Å². The molecule has 25 heavy (non-hydrogen) atoms. The van der Waals surface area contributed by atoms with E-state index in [4.69, 9.17) is 5.73 Å². The number of hydrogen-bond donors (Lipinski definition) is 3. The van der Waals surface area contributed by atoms with Crippen LogP contribution in [0.25, 0.3) is 0 Å². The number of pyridine rings is 1. The average molecular weight is 332 g/mol. The van der Waals surface area contributed by atoms with Gasteiger partial charge in [0.2, 0.25) is 0 Å². The van der Waals surface area contributed by atoms with Crippen LogP contribution in [0.3, 0.4) is 0 Å². The van der Waals surface area contributed by atoms with Crippen molar-refractivity contribution in [3.63, 3.8) is 0 Å². The number of carbonyl (C=O) groups is 2. The van der Waals surface area contributed by atoms with Crippen LogP contribution in [0.15, 0.2) is 72.9 Å². The van der Waals surface area contributed by atoms with E-state index in [1.807, 2.05) is 6.07 Å². The largest absolute Gasteiger partial charge is 0.397 e. The molecule has 0 saturated heterocycles. The van der Waals surface area contributed by atoms with Crippen LogP contribution >= 0.6 is 0 Å². The first kappa shape index (κ1) is 16.2. The zero-order chi connectivity index (χ0) is 17.6. The lowest BCUT2D eigenvalue weighted by Crippen LogP contribution is -2.16. The fourth-order valence-electron chi connectivity index (χ4n) is 2.22. The quantitative estimate of drug-likeness (QED) is 0.639. The summed E-state index contributed by atoms with van der Waals surface area (Å²) < 4.78 is 0. The molecule has 0 radical (unpaired) electrons. The molecule has 0 aliphatic heterocycles. The van der Waals surface area contributed by atoms with Crippen molar-refractivity contribution < 1.29 is 9.59 Å². The van der Waals surface area contributed by atoms with Gasteiger partial charge in [-0.3, -0.25) is 9.59 Å². The summed E-state index contributed by atoms with van der Waals surface area (Å²) in [5, 5.41) is 5.41. The number of nitrogens with zero attached hydrogens (tertiary/aromatic N) is 1. The minimum atomic E-state index is -0.337. The Morgan fingerprint density at radius 2 is 1.48 bits per heavy atom. The molecule has 0 spiro atoms. The summed E-state index contributed by atoms with van der Waals surface area (Å²) in [7, 11) is 0. The molecule has 2 aromatic carbocycles. The molecule has 0 atom stereocenters. The Morgan fingerprint density at radius 1 is 0.800 bits per heavy atom. The van der Waals surface area contributed by atoms with Gasteiger partial charge in [-0.2, -0.15) is 0 Å². The van der Waals surface area contributed by atoms with E-state index in [0.717, 1.165) is 0 Å². The molecule has 6 nitrogen and oxygen atoms in total. The predicted molar refractivity (Wildman–Crippen MR) is 97.4 cm³/mol. The molecule has 4 N–H and O–H groups in total. The molecule has 0 unspecified atom stereocenters. The minimum Gasteiger partial charge on any atom is -0.397 e. The standard InChI is InChI=1S/C19H16N4O2/c20-15-8-4-5-9-16(15)22-19(25)14-10-11-21-17(12-14)23-18(24)13-6-2-1-3-7-13/h1-12H,20H2,(H,22,25)(H,21,23,24). The lowest BCUT2D eigenvalue weighted by Gasteiger charge is -2.09. The Kier molecular flexibility index (Phi) is 4.71. The number of benzene rings is 2. The van der Waals surface area contributed by atoms with Gasteiger partial charge in [-0.1, -0.05) is 30.3 Å². The SMILES string of the molecule is Nc1ccccc1NC(=O)c1ccnc(NC(=O)c2ccccc2)c1. The van der Waals surface area contributed by atoms with Crippen molar-refractivity contribution in [1.29, 1.82) is 0 Å². The van der Waals surface area contributed by atoms with Gasteiger partial charge >= 0.3 is 0 Å².